The molecule has 3 rings (SSSR count). The molecule has 0 aromatic heterocycles. The minimum Gasteiger partial charge on any atom is -0.487 e. The van der Waals surface area contributed by atoms with Crippen molar-refractivity contribution in [2.45, 2.75) is 31.6 Å². The van der Waals surface area contributed by atoms with Crippen LogP contribution in [0.2, 0.25) is 0 Å². The van der Waals surface area contributed by atoms with E-state index in [1.165, 1.54) is 12.1 Å². The zero-order valence-corrected chi connectivity index (χ0v) is 14.6. The van der Waals surface area contributed by atoms with Crippen LogP contribution in [-0.4, -0.2) is 45.9 Å². The van der Waals surface area contributed by atoms with Gasteiger partial charge in [0.05, 0.1) is 5.56 Å². The molecule has 26 heavy (non-hydrogen) atoms. The number of carboxylic acid groups (broad SMARTS) is 1. The molecule has 6 heteroatoms. The molecule has 0 unspecified atom stereocenters. The molecule has 0 saturated carbocycles. The van der Waals surface area contributed by atoms with Gasteiger partial charge in [0.2, 0.25) is 0 Å². The van der Waals surface area contributed by atoms with E-state index in [9.17, 15) is 14.3 Å². The molecule has 1 aliphatic rings. The standard InChI is InChI=1S/C20H22FNO4/c1-20(25)13-22(12-14-4-2-5-15(10-14)19(23)24)9-8-18(20)26-17-7-3-6-16(21)11-17/h2-7,10-11,18,25H,8-9,12-13H2,1H3,(H,23,24)/t18-,20-/m0/s1. The Bertz CT molecular complexity index is 793. The fourth-order valence-corrected chi connectivity index (χ4v) is 3.33. The maximum atomic E-state index is 13.3. The molecule has 5 nitrogen and oxygen atoms in total. The number of aliphatic hydroxyl groups is 1. The van der Waals surface area contributed by atoms with Crippen LogP contribution in [0.5, 0.6) is 5.75 Å². The highest BCUT2D eigenvalue weighted by atomic mass is 19.1. The van der Waals surface area contributed by atoms with E-state index in [2.05, 4.69) is 4.90 Å². The van der Waals surface area contributed by atoms with Crippen molar-refractivity contribution in [3.63, 3.8) is 0 Å². The van der Waals surface area contributed by atoms with E-state index in [1.807, 2.05) is 6.07 Å². The Morgan fingerprint density at radius 3 is 2.77 bits per heavy atom. The van der Waals surface area contributed by atoms with Crippen LogP contribution in [-0.2, 0) is 6.54 Å². The summed E-state index contributed by atoms with van der Waals surface area (Å²) >= 11 is 0. The maximum Gasteiger partial charge on any atom is 0.335 e. The van der Waals surface area contributed by atoms with Gasteiger partial charge in [0.1, 0.15) is 23.3 Å². The Morgan fingerprint density at radius 2 is 2.08 bits per heavy atom. The number of carboxylic acids is 1. The lowest BCUT2D eigenvalue weighted by molar-refractivity contribution is -0.0993. The van der Waals surface area contributed by atoms with E-state index >= 15 is 0 Å². The second-order valence-corrected chi connectivity index (χ2v) is 6.93. The lowest BCUT2D eigenvalue weighted by Crippen LogP contribution is -2.56. The highest BCUT2D eigenvalue weighted by molar-refractivity contribution is 5.87. The Hall–Kier alpha value is -2.44. The van der Waals surface area contributed by atoms with E-state index in [1.54, 1.807) is 37.3 Å². The van der Waals surface area contributed by atoms with Gasteiger partial charge in [0.15, 0.2) is 0 Å². The summed E-state index contributed by atoms with van der Waals surface area (Å²) in [6.45, 7) is 3.32. The summed E-state index contributed by atoms with van der Waals surface area (Å²) in [5.74, 6) is -0.933. The van der Waals surface area contributed by atoms with E-state index in [-0.39, 0.29) is 11.4 Å². The molecule has 1 fully saturated rings. The largest absolute Gasteiger partial charge is 0.487 e. The predicted molar refractivity (Wildman–Crippen MR) is 94.7 cm³/mol. The lowest BCUT2D eigenvalue weighted by atomic mass is 9.91. The SMILES string of the molecule is C[C@]1(O)CN(Cc2cccc(C(=O)O)c2)CC[C@@H]1Oc1cccc(F)c1. The zero-order chi connectivity index (χ0) is 18.7. The number of rotatable bonds is 5. The molecule has 2 aromatic carbocycles. The summed E-state index contributed by atoms with van der Waals surface area (Å²) in [6, 6.07) is 12.7. The second kappa shape index (κ2) is 7.43. The smallest absolute Gasteiger partial charge is 0.335 e. The van der Waals surface area contributed by atoms with E-state index in [0.717, 1.165) is 5.56 Å². The molecule has 0 bridgehead atoms. The van der Waals surface area contributed by atoms with E-state index in [0.29, 0.717) is 31.8 Å². The highest BCUT2D eigenvalue weighted by Gasteiger charge is 2.39. The number of aromatic carboxylic acids is 1. The van der Waals surface area contributed by atoms with Crippen LogP contribution >= 0.6 is 0 Å². The number of nitrogens with zero attached hydrogens (tertiary/aromatic N) is 1. The molecule has 0 amide bonds. The first-order valence-corrected chi connectivity index (χ1v) is 8.53. The van der Waals surface area contributed by atoms with Gasteiger partial charge in [-0.1, -0.05) is 18.2 Å². The molecule has 0 radical (unpaired) electrons. The normalized spacial score (nSPS) is 23.6. The first-order valence-electron chi connectivity index (χ1n) is 8.53. The lowest BCUT2D eigenvalue weighted by Gasteiger charge is -2.42. The molecule has 1 heterocycles. The average Bonchev–Trinajstić information content (AvgIpc) is 2.57. The summed E-state index contributed by atoms with van der Waals surface area (Å²) in [7, 11) is 0. The van der Waals surface area contributed by atoms with Crippen LogP contribution in [0, 0.1) is 5.82 Å². The van der Waals surface area contributed by atoms with Gasteiger partial charge in [0.25, 0.3) is 0 Å². The second-order valence-electron chi connectivity index (χ2n) is 6.93. The fourth-order valence-electron chi connectivity index (χ4n) is 3.33. The van der Waals surface area contributed by atoms with Crippen molar-refractivity contribution in [1.82, 2.24) is 4.90 Å². The van der Waals surface area contributed by atoms with Gasteiger partial charge >= 0.3 is 5.97 Å². The first-order chi connectivity index (χ1) is 12.3. The fraction of sp³-hybridized carbons (Fsp3) is 0.350. The summed E-state index contributed by atoms with van der Waals surface area (Å²) in [5, 5.41) is 19.9. The molecule has 1 aliphatic heterocycles. The van der Waals surface area contributed by atoms with Gasteiger partial charge in [-0.2, -0.15) is 0 Å². The molecule has 2 aromatic rings. The summed E-state index contributed by atoms with van der Waals surface area (Å²) < 4.78 is 19.1. The topological polar surface area (TPSA) is 70.0 Å². The van der Waals surface area contributed by atoms with Crippen molar-refractivity contribution in [2.24, 2.45) is 0 Å². The van der Waals surface area contributed by atoms with Crippen LogP contribution < -0.4 is 4.74 Å². The maximum absolute atomic E-state index is 13.3. The van der Waals surface area contributed by atoms with Crippen LogP contribution in [0.25, 0.3) is 0 Å². The number of hydrogen-bond donors (Lipinski definition) is 2. The quantitative estimate of drug-likeness (QED) is 0.859. The van der Waals surface area contributed by atoms with Crippen LogP contribution in [0.1, 0.15) is 29.3 Å². The molecule has 138 valence electrons. The Morgan fingerprint density at radius 1 is 1.31 bits per heavy atom. The number of β-amino-alcohol motifs (C(OH)–C–C–N with tert-alkyl or cyclic N) is 1. The van der Waals surface area contributed by atoms with Crippen molar-refractivity contribution in [1.29, 1.82) is 0 Å². The number of hydrogen-bond acceptors (Lipinski definition) is 4. The molecular weight excluding hydrogens is 337 g/mol. The minimum atomic E-state index is -1.10. The number of likely N-dealkylation sites (tertiary alicyclic amines) is 1. The first kappa shape index (κ1) is 18.4. The average molecular weight is 359 g/mol. The third-order valence-electron chi connectivity index (χ3n) is 4.60. The van der Waals surface area contributed by atoms with Crippen LogP contribution in [0.3, 0.4) is 0 Å². The van der Waals surface area contributed by atoms with Crippen LogP contribution in [0.15, 0.2) is 48.5 Å². The molecular formula is C20H22FNO4. The number of piperidine rings is 1. The van der Waals surface area contributed by atoms with E-state index in [4.69, 9.17) is 9.84 Å². The van der Waals surface area contributed by atoms with Gasteiger partial charge in [-0.3, -0.25) is 4.90 Å². The Kier molecular flexibility index (Phi) is 5.25. The van der Waals surface area contributed by atoms with Crippen molar-refractivity contribution < 1.29 is 24.1 Å². The summed E-state index contributed by atoms with van der Waals surface area (Å²) in [5.41, 5.74) is 0.0263. The predicted octanol–water partition coefficient (Wildman–Crippen LogP) is 2.93. The third-order valence-corrected chi connectivity index (χ3v) is 4.60. The molecule has 0 aliphatic carbocycles. The monoisotopic (exact) mass is 359 g/mol. The third kappa shape index (κ3) is 4.39. The Labute approximate surface area is 151 Å². The van der Waals surface area contributed by atoms with Crippen molar-refractivity contribution in [3.05, 3.63) is 65.5 Å². The summed E-state index contributed by atoms with van der Waals surface area (Å²) in [4.78, 5) is 13.2. The van der Waals surface area contributed by atoms with Crippen molar-refractivity contribution >= 4 is 5.97 Å². The number of halogens is 1. The number of ether oxygens (including phenoxy) is 1. The summed E-state index contributed by atoms with van der Waals surface area (Å²) in [6.07, 6.45) is 0.146. The van der Waals surface area contributed by atoms with Gasteiger partial charge in [-0.25, -0.2) is 9.18 Å². The van der Waals surface area contributed by atoms with Crippen molar-refractivity contribution in [3.8, 4) is 5.75 Å². The number of carbonyl (C=O) groups is 1. The minimum absolute atomic E-state index is 0.249. The highest BCUT2D eigenvalue weighted by Crippen LogP contribution is 2.27. The number of benzene rings is 2. The van der Waals surface area contributed by atoms with Gasteiger partial charge in [-0.05, 0) is 43.2 Å². The van der Waals surface area contributed by atoms with Gasteiger partial charge in [-0.15, -0.1) is 0 Å². The van der Waals surface area contributed by atoms with Crippen LogP contribution in [0.4, 0.5) is 4.39 Å². The zero-order valence-electron chi connectivity index (χ0n) is 14.6. The molecule has 2 atom stereocenters. The Balaban J connectivity index is 1.65. The van der Waals surface area contributed by atoms with E-state index < -0.39 is 17.7 Å². The van der Waals surface area contributed by atoms with Crippen molar-refractivity contribution in [2.75, 3.05) is 13.1 Å². The molecule has 2 N–H and O–H groups in total. The molecule has 0 spiro atoms. The molecule has 1 saturated heterocycles. The van der Waals surface area contributed by atoms with Gasteiger partial charge in [0, 0.05) is 25.7 Å². The van der Waals surface area contributed by atoms with Gasteiger partial charge < -0.3 is 14.9 Å².